The molecule has 0 aliphatic rings. The summed E-state index contributed by atoms with van der Waals surface area (Å²) in [7, 11) is -3.91. The second-order valence-corrected chi connectivity index (χ2v) is 12.1. The van der Waals surface area contributed by atoms with Gasteiger partial charge in [0.05, 0.1) is 4.90 Å². The highest BCUT2D eigenvalue weighted by Gasteiger charge is 2.22. The minimum atomic E-state index is -3.91. The first-order valence-electron chi connectivity index (χ1n) is 11.2. The Labute approximate surface area is 239 Å². The van der Waals surface area contributed by atoms with E-state index >= 15 is 0 Å². The Morgan fingerprint density at radius 2 is 1.64 bits per heavy atom. The number of hydrogen-bond acceptors (Lipinski definition) is 7. The third-order valence-corrected chi connectivity index (χ3v) is 6.36. The summed E-state index contributed by atoms with van der Waals surface area (Å²) < 4.78 is 31.9. The molecule has 0 spiro atoms. The molecule has 0 aromatic heterocycles. The molecular weight excluding hydrogens is 591 g/mol. The number of rotatable bonds is 8. The summed E-state index contributed by atoms with van der Waals surface area (Å²) in [5, 5.41) is 18.2. The molecule has 0 heterocycles. The number of nitrogens with one attached hydrogen (secondary N) is 3. The highest BCUT2D eigenvalue weighted by molar-refractivity contribution is 7.89. The number of hydrogen-bond donors (Lipinski definition) is 4. The average Bonchev–Trinajstić information content (AvgIpc) is 2.87. The number of sulfonamides is 1. The number of halogens is 3. The molecule has 10 nitrogen and oxygen atoms in total. The first kappa shape index (κ1) is 30.2. The number of alkyl halides is 3. The molecule has 0 radical (unpaired) electrons. The number of carbonyl (C=O) groups is 2. The molecule has 0 unspecified atom stereocenters. The lowest BCUT2D eigenvalue weighted by Crippen LogP contribution is -2.33. The Morgan fingerprint density at radius 1 is 0.949 bits per heavy atom. The van der Waals surface area contributed by atoms with Gasteiger partial charge >= 0.3 is 12.2 Å². The highest BCUT2D eigenvalue weighted by Crippen LogP contribution is 2.28. The average molecular weight is 614 g/mol. The van der Waals surface area contributed by atoms with E-state index in [1.807, 2.05) is 0 Å². The van der Waals surface area contributed by atoms with Crippen LogP contribution in [0.1, 0.15) is 11.1 Å². The number of primary sulfonamides is 1. The Bertz CT molecular complexity index is 1460. The summed E-state index contributed by atoms with van der Waals surface area (Å²) in [5.41, 5.74) is 2.21. The molecule has 2 amide bonds. The molecule has 5 N–H and O–H groups in total. The second kappa shape index (κ2) is 13.1. The van der Waals surface area contributed by atoms with Gasteiger partial charge in [-0.3, -0.25) is 10.7 Å². The Hall–Kier alpha value is -3.35. The highest BCUT2D eigenvalue weighted by atomic mass is 35.6. The standard InChI is InChI=1S/C25H23Cl3N4O6S/c26-25(27,28)15-37-24(34)32-22(29)18-5-3-4-16(14-18)12-13-31-23(33)38-19-10-8-17(9-11-19)20-6-1-2-7-21(20)39(30,35)36/h1-11,14H,12-13,15H2,(H,31,33)(H2,29,32,34)(H2,30,35,36). The van der Waals surface area contributed by atoms with Crippen molar-refractivity contribution in [2.75, 3.05) is 13.2 Å². The summed E-state index contributed by atoms with van der Waals surface area (Å²) in [4.78, 5) is 24.0. The summed E-state index contributed by atoms with van der Waals surface area (Å²) in [6, 6.07) is 19.4. The van der Waals surface area contributed by atoms with Gasteiger partial charge in [0.25, 0.3) is 0 Å². The maximum Gasteiger partial charge on any atom is 0.412 e. The summed E-state index contributed by atoms with van der Waals surface area (Å²) in [6.07, 6.45) is -1.21. The van der Waals surface area contributed by atoms with Crippen LogP contribution in [0.25, 0.3) is 11.1 Å². The molecule has 3 rings (SSSR count). The van der Waals surface area contributed by atoms with Crippen LogP contribution >= 0.6 is 34.8 Å². The zero-order valence-corrected chi connectivity index (χ0v) is 23.2. The lowest BCUT2D eigenvalue weighted by atomic mass is 10.1. The van der Waals surface area contributed by atoms with Crippen molar-refractivity contribution in [3.8, 4) is 16.9 Å². The van der Waals surface area contributed by atoms with E-state index in [2.05, 4.69) is 10.6 Å². The molecule has 3 aromatic carbocycles. The number of nitrogens with two attached hydrogens (primary N) is 1. The molecule has 0 saturated heterocycles. The van der Waals surface area contributed by atoms with E-state index in [1.165, 1.54) is 18.2 Å². The van der Waals surface area contributed by atoms with Crippen molar-refractivity contribution in [1.82, 2.24) is 10.6 Å². The Kier molecular flexibility index (Phi) is 10.2. The molecule has 14 heteroatoms. The van der Waals surface area contributed by atoms with E-state index < -0.39 is 32.6 Å². The van der Waals surface area contributed by atoms with Crippen molar-refractivity contribution < 1.29 is 27.5 Å². The molecule has 0 bridgehead atoms. The van der Waals surface area contributed by atoms with Gasteiger partial charge in [-0.05, 0) is 41.8 Å². The molecule has 39 heavy (non-hydrogen) atoms. The van der Waals surface area contributed by atoms with Gasteiger partial charge in [0.2, 0.25) is 13.8 Å². The maximum atomic E-state index is 12.2. The van der Waals surface area contributed by atoms with Crippen LogP contribution in [0.3, 0.4) is 0 Å². The summed E-state index contributed by atoms with van der Waals surface area (Å²) in [5.74, 6) is 0.0427. The third kappa shape index (κ3) is 9.72. The molecule has 0 fully saturated rings. The van der Waals surface area contributed by atoms with Crippen molar-refractivity contribution in [2.45, 2.75) is 15.1 Å². The number of ether oxygens (including phenoxy) is 2. The first-order valence-corrected chi connectivity index (χ1v) is 13.9. The van der Waals surface area contributed by atoms with Crippen LogP contribution in [-0.4, -0.2) is 43.4 Å². The zero-order chi connectivity index (χ0) is 28.6. The molecule has 3 aromatic rings. The zero-order valence-electron chi connectivity index (χ0n) is 20.1. The first-order chi connectivity index (χ1) is 18.3. The van der Waals surface area contributed by atoms with Gasteiger partial charge in [0, 0.05) is 17.7 Å². The molecule has 0 aliphatic carbocycles. The van der Waals surface area contributed by atoms with Crippen LogP contribution < -0.4 is 20.5 Å². The lowest BCUT2D eigenvalue weighted by molar-refractivity contribution is 0.154. The fraction of sp³-hybridized carbons (Fsp3) is 0.160. The minimum absolute atomic E-state index is 0.00800. The van der Waals surface area contributed by atoms with Gasteiger partial charge in [-0.25, -0.2) is 23.1 Å². The van der Waals surface area contributed by atoms with Crippen molar-refractivity contribution in [1.29, 1.82) is 5.41 Å². The van der Waals surface area contributed by atoms with E-state index in [0.29, 0.717) is 23.1 Å². The largest absolute Gasteiger partial charge is 0.445 e. The fourth-order valence-electron chi connectivity index (χ4n) is 3.35. The summed E-state index contributed by atoms with van der Waals surface area (Å²) in [6.45, 7) is -0.247. The van der Waals surface area contributed by atoms with E-state index in [1.54, 1.807) is 54.6 Å². The normalized spacial score (nSPS) is 11.4. The van der Waals surface area contributed by atoms with Crippen molar-refractivity contribution in [3.63, 3.8) is 0 Å². The number of carbonyl (C=O) groups excluding carboxylic acids is 2. The van der Waals surface area contributed by atoms with E-state index in [9.17, 15) is 18.0 Å². The van der Waals surface area contributed by atoms with Crippen LogP contribution in [0.2, 0.25) is 0 Å². The molecule has 206 valence electrons. The molecule has 0 atom stereocenters. The van der Waals surface area contributed by atoms with Gasteiger partial charge in [0.15, 0.2) is 0 Å². The lowest BCUT2D eigenvalue weighted by Gasteiger charge is -2.13. The van der Waals surface area contributed by atoms with Crippen LogP contribution in [0, 0.1) is 5.41 Å². The van der Waals surface area contributed by atoms with Crippen LogP contribution in [0.4, 0.5) is 9.59 Å². The van der Waals surface area contributed by atoms with Crippen molar-refractivity contribution in [3.05, 3.63) is 83.9 Å². The van der Waals surface area contributed by atoms with Crippen LogP contribution in [0.5, 0.6) is 5.75 Å². The van der Waals surface area contributed by atoms with Crippen LogP contribution in [-0.2, 0) is 21.2 Å². The number of alkyl carbamates (subject to hydrolysis) is 1. The summed E-state index contributed by atoms with van der Waals surface area (Å²) >= 11 is 16.6. The van der Waals surface area contributed by atoms with Gasteiger partial charge in [-0.2, -0.15) is 0 Å². The quantitative estimate of drug-likeness (QED) is 0.163. The SMILES string of the molecule is N=C(NC(=O)OCC(Cl)(Cl)Cl)c1cccc(CCNC(=O)Oc2ccc(-c3ccccc3S(N)(=O)=O)cc2)c1. The van der Waals surface area contributed by atoms with Gasteiger partial charge < -0.3 is 14.8 Å². The maximum absolute atomic E-state index is 12.2. The second-order valence-electron chi connectivity index (χ2n) is 8.02. The molecular formula is C25H23Cl3N4O6S. The smallest absolute Gasteiger partial charge is 0.412 e. The van der Waals surface area contributed by atoms with E-state index in [0.717, 1.165) is 5.56 Å². The van der Waals surface area contributed by atoms with Crippen molar-refractivity contribution in [2.24, 2.45) is 5.14 Å². The topological polar surface area (TPSA) is 161 Å². The number of benzene rings is 3. The third-order valence-electron chi connectivity index (χ3n) is 5.06. The van der Waals surface area contributed by atoms with Gasteiger partial charge in [-0.1, -0.05) is 83.3 Å². The number of amidine groups is 1. The Morgan fingerprint density at radius 3 is 2.31 bits per heavy atom. The van der Waals surface area contributed by atoms with Gasteiger partial charge in [0.1, 0.15) is 18.2 Å². The molecule has 0 aliphatic heterocycles. The van der Waals surface area contributed by atoms with E-state index in [4.69, 9.17) is 54.8 Å². The van der Waals surface area contributed by atoms with Crippen LogP contribution in [0.15, 0.2) is 77.7 Å². The van der Waals surface area contributed by atoms with Gasteiger partial charge in [-0.15, -0.1) is 0 Å². The number of amides is 2. The minimum Gasteiger partial charge on any atom is -0.445 e. The predicted octanol–water partition coefficient (Wildman–Crippen LogP) is 4.75. The molecule has 0 saturated carbocycles. The van der Waals surface area contributed by atoms with Crippen molar-refractivity contribution >= 4 is 62.8 Å². The van der Waals surface area contributed by atoms with E-state index in [-0.39, 0.29) is 23.0 Å². The Balaban J connectivity index is 1.50. The fourth-order valence-corrected chi connectivity index (χ4v) is 4.27. The predicted molar refractivity (Wildman–Crippen MR) is 149 cm³/mol. The monoisotopic (exact) mass is 612 g/mol.